The second-order valence-electron chi connectivity index (χ2n) is 7.49. The van der Waals surface area contributed by atoms with Gasteiger partial charge in [0.15, 0.2) is 0 Å². The SMILES string of the molecule is COc1cccc(C(=O)Nc2ccc(NC(=O)CCNC(=O)OC(C)(C)C)cc2)c1. The fraction of sp³-hybridized carbons (Fsp3) is 0.318. The molecule has 0 heterocycles. The highest BCUT2D eigenvalue weighted by molar-refractivity contribution is 6.04. The van der Waals surface area contributed by atoms with E-state index in [0.29, 0.717) is 22.7 Å². The molecule has 0 aliphatic heterocycles. The third-order valence-electron chi connectivity index (χ3n) is 3.78. The van der Waals surface area contributed by atoms with Crippen LogP contribution in [0, 0.1) is 0 Å². The third kappa shape index (κ3) is 7.83. The van der Waals surface area contributed by atoms with Gasteiger partial charge in [0.05, 0.1) is 7.11 Å². The zero-order chi connectivity index (χ0) is 22.1. The molecule has 0 aromatic heterocycles. The lowest BCUT2D eigenvalue weighted by Gasteiger charge is -2.19. The molecule has 0 spiro atoms. The monoisotopic (exact) mass is 413 g/mol. The Hall–Kier alpha value is -3.55. The lowest BCUT2D eigenvalue weighted by molar-refractivity contribution is -0.116. The molecule has 3 N–H and O–H groups in total. The van der Waals surface area contributed by atoms with Crippen molar-refractivity contribution in [2.45, 2.75) is 32.8 Å². The Labute approximate surface area is 175 Å². The van der Waals surface area contributed by atoms with Crippen molar-refractivity contribution in [3.8, 4) is 5.75 Å². The number of alkyl carbamates (subject to hydrolysis) is 1. The predicted molar refractivity (Wildman–Crippen MR) is 115 cm³/mol. The molecule has 3 amide bonds. The van der Waals surface area contributed by atoms with Crippen molar-refractivity contribution in [3.63, 3.8) is 0 Å². The molecule has 8 nitrogen and oxygen atoms in total. The molecular weight excluding hydrogens is 386 g/mol. The first-order valence-electron chi connectivity index (χ1n) is 9.48. The number of carbonyl (C=O) groups excluding carboxylic acids is 3. The summed E-state index contributed by atoms with van der Waals surface area (Å²) < 4.78 is 10.2. The molecule has 0 atom stereocenters. The minimum Gasteiger partial charge on any atom is -0.497 e. The van der Waals surface area contributed by atoms with Crippen molar-refractivity contribution in [2.24, 2.45) is 0 Å². The Kier molecular flexibility index (Phi) is 7.80. The third-order valence-corrected chi connectivity index (χ3v) is 3.78. The summed E-state index contributed by atoms with van der Waals surface area (Å²) in [5.41, 5.74) is 1.06. The summed E-state index contributed by atoms with van der Waals surface area (Å²) >= 11 is 0. The maximum absolute atomic E-state index is 12.3. The van der Waals surface area contributed by atoms with Gasteiger partial charge in [0, 0.05) is 29.9 Å². The predicted octanol–water partition coefficient (Wildman–Crippen LogP) is 3.80. The molecule has 30 heavy (non-hydrogen) atoms. The highest BCUT2D eigenvalue weighted by Crippen LogP contribution is 2.17. The van der Waals surface area contributed by atoms with E-state index in [1.807, 2.05) is 0 Å². The van der Waals surface area contributed by atoms with E-state index in [-0.39, 0.29) is 24.8 Å². The average molecular weight is 413 g/mol. The lowest BCUT2D eigenvalue weighted by atomic mass is 10.2. The van der Waals surface area contributed by atoms with Gasteiger partial charge in [-0.05, 0) is 63.2 Å². The van der Waals surface area contributed by atoms with Gasteiger partial charge in [-0.3, -0.25) is 9.59 Å². The number of hydrogen-bond donors (Lipinski definition) is 3. The largest absolute Gasteiger partial charge is 0.497 e. The number of rotatable bonds is 7. The average Bonchev–Trinajstić information content (AvgIpc) is 2.68. The van der Waals surface area contributed by atoms with Gasteiger partial charge in [-0.15, -0.1) is 0 Å². The van der Waals surface area contributed by atoms with E-state index in [4.69, 9.17) is 9.47 Å². The molecule has 8 heteroatoms. The summed E-state index contributed by atoms with van der Waals surface area (Å²) in [6.07, 6.45) is -0.459. The first-order valence-corrected chi connectivity index (χ1v) is 9.48. The van der Waals surface area contributed by atoms with E-state index >= 15 is 0 Å². The second kappa shape index (κ2) is 10.3. The van der Waals surface area contributed by atoms with Gasteiger partial charge in [0.2, 0.25) is 5.91 Å². The van der Waals surface area contributed by atoms with E-state index < -0.39 is 11.7 Å². The Bertz CT molecular complexity index is 888. The Morgan fingerprint density at radius 2 is 1.57 bits per heavy atom. The van der Waals surface area contributed by atoms with E-state index in [1.165, 1.54) is 7.11 Å². The Morgan fingerprint density at radius 3 is 2.17 bits per heavy atom. The highest BCUT2D eigenvalue weighted by atomic mass is 16.6. The fourth-order valence-electron chi connectivity index (χ4n) is 2.42. The van der Waals surface area contributed by atoms with E-state index in [9.17, 15) is 14.4 Å². The zero-order valence-corrected chi connectivity index (χ0v) is 17.6. The number of amides is 3. The summed E-state index contributed by atoms with van der Waals surface area (Å²) in [7, 11) is 1.54. The molecule has 0 saturated carbocycles. The van der Waals surface area contributed by atoms with Crippen molar-refractivity contribution >= 4 is 29.3 Å². The van der Waals surface area contributed by atoms with Crippen LogP contribution < -0.4 is 20.7 Å². The molecule has 0 unspecified atom stereocenters. The highest BCUT2D eigenvalue weighted by Gasteiger charge is 2.16. The number of ether oxygens (including phenoxy) is 2. The minimum absolute atomic E-state index is 0.105. The van der Waals surface area contributed by atoms with E-state index in [1.54, 1.807) is 69.3 Å². The first kappa shape index (κ1) is 22.7. The molecule has 0 fully saturated rings. The topological polar surface area (TPSA) is 106 Å². The molecule has 0 saturated heterocycles. The minimum atomic E-state index is -0.587. The van der Waals surface area contributed by atoms with Gasteiger partial charge in [-0.2, -0.15) is 0 Å². The van der Waals surface area contributed by atoms with Crippen molar-refractivity contribution < 1.29 is 23.9 Å². The summed E-state index contributed by atoms with van der Waals surface area (Å²) in [6, 6.07) is 13.6. The van der Waals surface area contributed by atoms with Crippen molar-refractivity contribution in [3.05, 3.63) is 54.1 Å². The smallest absolute Gasteiger partial charge is 0.407 e. The normalized spacial score (nSPS) is 10.7. The van der Waals surface area contributed by atoms with Crippen molar-refractivity contribution in [1.82, 2.24) is 5.32 Å². The quantitative estimate of drug-likeness (QED) is 0.640. The van der Waals surface area contributed by atoms with Crippen LogP contribution in [0.1, 0.15) is 37.6 Å². The van der Waals surface area contributed by atoms with Crippen LogP contribution in [-0.2, 0) is 9.53 Å². The first-order chi connectivity index (χ1) is 14.2. The van der Waals surface area contributed by atoms with Crippen LogP contribution in [0.15, 0.2) is 48.5 Å². The van der Waals surface area contributed by atoms with Gasteiger partial charge in [-0.1, -0.05) is 6.07 Å². The van der Waals surface area contributed by atoms with Gasteiger partial charge in [0.25, 0.3) is 5.91 Å². The van der Waals surface area contributed by atoms with Crippen LogP contribution in [-0.4, -0.2) is 37.2 Å². The summed E-state index contributed by atoms with van der Waals surface area (Å²) in [4.78, 5) is 35.9. The van der Waals surface area contributed by atoms with E-state index in [2.05, 4.69) is 16.0 Å². The van der Waals surface area contributed by atoms with Crippen molar-refractivity contribution in [2.75, 3.05) is 24.3 Å². The maximum Gasteiger partial charge on any atom is 0.407 e. The molecule has 0 bridgehead atoms. The molecule has 2 rings (SSSR count). The summed E-state index contributed by atoms with van der Waals surface area (Å²) in [5.74, 6) is 0.0833. The number of carbonyl (C=O) groups is 3. The standard InChI is InChI=1S/C22H27N3O5/c1-22(2,3)30-21(28)23-13-12-19(26)24-16-8-10-17(11-9-16)25-20(27)15-6-5-7-18(14-15)29-4/h5-11,14H,12-13H2,1-4H3,(H,23,28)(H,24,26)(H,25,27). The second-order valence-corrected chi connectivity index (χ2v) is 7.49. The molecule has 160 valence electrons. The number of benzene rings is 2. The molecule has 2 aromatic carbocycles. The summed E-state index contributed by atoms with van der Waals surface area (Å²) in [5, 5.41) is 8.05. The molecule has 0 aliphatic rings. The van der Waals surface area contributed by atoms with Crippen LogP contribution in [0.3, 0.4) is 0 Å². The summed E-state index contributed by atoms with van der Waals surface area (Å²) in [6.45, 7) is 5.46. The lowest BCUT2D eigenvalue weighted by Crippen LogP contribution is -2.34. The van der Waals surface area contributed by atoms with Crippen molar-refractivity contribution in [1.29, 1.82) is 0 Å². The van der Waals surface area contributed by atoms with Crippen LogP contribution >= 0.6 is 0 Å². The fourth-order valence-corrected chi connectivity index (χ4v) is 2.42. The van der Waals surface area contributed by atoms with Crippen LogP contribution in [0.25, 0.3) is 0 Å². The molecular formula is C22H27N3O5. The van der Waals surface area contributed by atoms with Gasteiger partial charge in [-0.25, -0.2) is 4.79 Å². The Balaban J connectivity index is 1.80. The number of nitrogens with one attached hydrogen (secondary N) is 3. The van der Waals surface area contributed by atoms with Crippen LogP contribution in [0.5, 0.6) is 5.75 Å². The molecule has 2 aromatic rings. The van der Waals surface area contributed by atoms with Gasteiger partial charge in [0.1, 0.15) is 11.4 Å². The number of anilines is 2. The maximum atomic E-state index is 12.3. The molecule has 0 aliphatic carbocycles. The number of methoxy groups -OCH3 is 1. The zero-order valence-electron chi connectivity index (χ0n) is 17.6. The van der Waals surface area contributed by atoms with Crippen LogP contribution in [0.4, 0.5) is 16.2 Å². The number of hydrogen-bond acceptors (Lipinski definition) is 5. The van der Waals surface area contributed by atoms with Gasteiger partial charge < -0.3 is 25.4 Å². The van der Waals surface area contributed by atoms with Gasteiger partial charge >= 0.3 is 6.09 Å². The Morgan fingerprint density at radius 1 is 0.933 bits per heavy atom. The molecule has 0 radical (unpaired) electrons. The van der Waals surface area contributed by atoms with Crippen LogP contribution in [0.2, 0.25) is 0 Å². The van der Waals surface area contributed by atoms with E-state index in [0.717, 1.165) is 0 Å².